The van der Waals surface area contributed by atoms with Crippen molar-refractivity contribution in [3.8, 4) is 0 Å². The van der Waals surface area contributed by atoms with Gasteiger partial charge in [-0.05, 0) is 18.9 Å². The fourth-order valence-corrected chi connectivity index (χ4v) is 3.18. The molecule has 0 aliphatic heterocycles. The Kier molecular flexibility index (Phi) is 4.50. The van der Waals surface area contributed by atoms with E-state index in [0.717, 1.165) is 5.56 Å². The lowest BCUT2D eigenvalue weighted by Gasteiger charge is -2.20. The van der Waals surface area contributed by atoms with Gasteiger partial charge in [0.1, 0.15) is 0 Å². The topological polar surface area (TPSA) is 60.2 Å². The molecular formula is C12H19NO2S. The van der Waals surface area contributed by atoms with E-state index < -0.39 is 21.1 Å². The fourth-order valence-electron chi connectivity index (χ4n) is 1.64. The van der Waals surface area contributed by atoms with Crippen LogP contribution in [0.25, 0.3) is 0 Å². The molecule has 2 unspecified atom stereocenters. The minimum atomic E-state index is -3.08. The Hall–Kier alpha value is -0.870. The van der Waals surface area contributed by atoms with Crippen LogP contribution in [0.3, 0.4) is 0 Å². The molecule has 0 aromatic heterocycles. The van der Waals surface area contributed by atoms with Gasteiger partial charge in [0, 0.05) is 6.04 Å². The average molecular weight is 241 g/mol. The highest BCUT2D eigenvalue weighted by atomic mass is 32.2. The predicted octanol–water partition coefficient (Wildman–Crippen LogP) is 1.90. The van der Waals surface area contributed by atoms with Gasteiger partial charge in [0.15, 0.2) is 9.84 Å². The monoisotopic (exact) mass is 241 g/mol. The molecule has 0 saturated heterocycles. The second-order valence-corrected chi connectivity index (χ2v) is 6.49. The summed E-state index contributed by atoms with van der Waals surface area (Å²) in [6.45, 7) is 3.54. The molecule has 2 N–H and O–H groups in total. The zero-order chi connectivity index (χ0) is 12.2. The lowest BCUT2D eigenvalue weighted by Crippen LogP contribution is -2.32. The Balaban J connectivity index is 2.87. The predicted molar refractivity (Wildman–Crippen MR) is 66.9 cm³/mol. The van der Waals surface area contributed by atoms with Gasteiger partial charge in [-0.2, -0.15) is 0 Å². The molecule has 0 bridgehead atoms. The molecule has 0 fully saturated rings. The Morgan fingerprint density at radius 1 is 1.25 bits per heavy atom. The zero-order valence-corrected chi connectivity index (χ0v) is 10.6. The molecular weight excluding hydrogens is 222 g/mol. The number of hydrogen-bond acceptors (Lipinski definition) is 3. The molecule has 0 spiro atoms. The molecule has 0 amide bonds. The quantitative estimate of drug-likeness (QED) is 0.856. The molecule has 1 aromatic carbocycles. The van der Waals surface area contributed by atoms with Gasteiger partial charge in [0.25, 0.3) is 0 Å². The first-order chi connectivity index (χ1) is 7.49. The third kappa shape index (κ3) is 3.06. The standard InChI is InChI=1S/C12H19NO2S/c1-3-9-16(14,15)10(2)12(13)11-7-5-4-6-8-11/h4-8,10,12H,3,9,13H2,1-2H3. The van der Waals surface area contributed by atoms with E-state index in [1.807, 2.05) is 37.3 Å². The maximum atomic E-state index is 11.9. The van der Waals surface area contributed by atoms with Gasteiger partial charge >= 0.3 is 0 Å². The van der Waals surface area contributed by atoms with Crippen molar-refractivity contribution in [3.05, 3.63) is 35.9 Å². The molecule has 1 rings (SSSR count). The van der Waals surface area contributed by atoms with Crippen molar-refractivity contribution in [2.24, 2.45) is 5.73 Å². The van der Waals surface area contributed by atoms with Crippen LogP contribution in [0.2, 0.25) is 0 Å². The molecule has 16 heavy (non-hydrogen) atoms. The molecule has 4 heteroatoms. The number of nitrogens with two attached hydrogens (primary N) is 1. The summed E-state index contributed by atoms with van der Waals surface area (Å²) in [6.07, 6.45) is 0.633. The van der Waals surface area contributed by atoms with E-state index in [0.29, 0.717) is 6.42 Å². The van der Waals surface area contributed by atoms with Gasteiger partial charge in [-0.3, -0.25) is 0 Å². The van der Waals surface area contributed by atoms with Crippen LogP contribution in [0, 0.1) is 0 Å². The van der Waals surface area contributed by atoms with E-state index in [2.05, 4.69) is 0 Å². The van der Waals surface area contributed by atoms with Crippen molar-refractivity contribution in [2.75, 3.05) is 5.75 Å². The number of rotatable bonds is 5. The maximum Gasteiger partial charge on any atom is 0.154 e. The van der Waals surface area contributed by atoms with Crippen LogP contribution >= 0.6 is 0 Å². The lowest BCUT2D eigenvalue weighted by molar-refractivity contribution is 0.563. The summed E-state index contributed by atoms with van der Waals surface area (Å²) in [7, 11) is -3.08. The minimum absolute atomic E-state index is 0.203. The summed E-state index contributed by atoms with van der Waals surface area (Å²) < 4.78 is 23.7. The molecule has 0 saturated carbocycles. The van der Waals surface area contributed by atoms with E-state index in [1.54, 1.807) is 6.92 Å². The van der Waals surface area contributed by atoms with Crippen molar-refractivity contribution in [2.45, 2.75) is 31.6 Å². The molecule has 3 nitrogen and oxygen atoms in total. The van der Waals surface area contributed by atoms with Crippen LogP contribution in [-0.4, -0.2) is 19.4 Å². The van der Waals surface area contributed by atoms with E-state index in [-0.39, 0.29) is 5.75 Å². The summed E-state index contributed by atoms with van der Waals surface area (Å²) in [4.78, 5) is 0. The minimum Gasteiger partial charge on any atom is -0.323 e. The first-order valence-electron chi connectivity index (χ1n) is 5.51. The van der Waals surface area contributed by atoms with Gasteiger partial charge in [0.05, 0.1) is 11.0 Å². The smallest absolute Gasteiger partial charge is 0.154 e. The number of hydrogen-bond donors (Lipinski definition) is 1. The largest absolute Gasteiger partial charge is 0.323 e. The van der Waals surface area contributed by atoms with Crippen molar-refractivity contribution < 1.29 is 8.42 Å². The Morgan fingerprint density at radius 2 is 1.81 bits per heavy atom. The van der Waals surface area contributed by atoms with Gasteiger partial charge in [0.2, 0.25) is 0 Å². The zero-order valence-electron chi connectivity index (χ0n) is 9.76. The molecule has 2 atom stereocenters. The third-order valence-corrected chi connectivity index (χ3v) is 5.15. The molecule has 0 radical (unpaired) electrons. The van der Waals surface area contributed by atoms with Crippen LogP contribution in [0.1, 0.15) is 31.9 Å². The Labute approximate surface area is 97.6 Å². The maximum absolute atomic E-state index is 11.9. The summed E-state index contributed by atoms with van der Waals surface area (Å²) in [5, 5.41) is -0.533. The van der Waals surface area contributed by atoms with Crippen LogP contribution in [-0.2, 0) is 9.84 Å². The molecule has 0 aliphatic carbocycles. The van der Waals surface area contributed by atoms with E-state index in [1.165, 1.54) is 0 Å². The van der Waals surface area contributed by atoms with Gasteiger partial charge in [-0.1, -0.05) is 37.3 Å². The normalized spacial score (nSPS) is 15.7. The van der Waals surface area contributed by atoms with Gasteiger partial charge < -0.3 is 5.73 Å². The molecule has 0 aliphatic rings. The van der Waals surface area contributed by atoms with Crippen LogP contribution in [0.4, 0.5) is 0 Å². The summed E-state index contributed by atoms with van der Waals surface area (Å²) >= 11 is 0. The average Bonchev–Trinajstić information content (AvgIpc) is 2.28. The second kappa shape index (κ2) is 5.46. The van der Waals surface area contributed by atoms with Crippen LogP contribution < -0.4 is 5.73 Å². The third-order valence-electron chi connectivity index (χ3n) is 2.75. The van der Waals surface area contributed by atoms with Crippen molar-refractivity contribution in [3.63, 3.8) is 0 Å². The fraction of sp³-hybridized carbons (Fsp3) is 0.500. The molecule has 0 heterocycles. The van der Waals surface area contributed by atoms with E-state index in [4.69, 9.17) is 5.73 Å². The number of benzene rings is 1. The highest BCUT2D eigenvalue weighted by Gasteiger charge is 2.26. The highest BCUT2D eigenvalue weighted by molar-refractivity contribution is 7.92. The SMILES string of the molecule is CCCS(=O)(=O)C(C)C(N)c1ccccc1. The lowest BCUT2D eigenvalue weighted by atomic mass is 10.1. The summed E-state index contributed by atoms with van der Waals surface area (Å²) in [6, 6.07) is 8.91. The van der Waals surface area contributed by atoms with Crippen molar-refractivity contribution in [1.29, 1.82) is 0 Å². The molecule has 1 aromatic rings. The van der Waals surface area contributed by atoms with Gasteiger partial charge in [-0.15, -0.1) is 0 Å². The molecule has 90 valence electrons. The second-order valence-electron chi connectivity index (χ2n) is 4.01. The Morgan fingerprint density at radius 3 is 2.31 bits per heavy atom. The highest BCUT2D eigenvalue weighted by Crippen LogP contribution is 2.20. The number of sulfone groups is 1. The van der Waals surface area contributed by atoms with Gasteiger partial charge in [-0.25, -0.2) is 8.42 Å². The summed E-state index contributed by atoms with van der Waals surface area (Å²) in [5.41, 5.74) is 6.85. The van der Waals surface area contributed by atoms with Crippen LogP contribution in [0.15, 0.2) is 30.3 Å². The first kappa shape index (κ1) is 13.2. The Bertz CT molecular complexity index is 414. The van der Waals surface area contributed by atoms with E-state index in [9.17, 15) is 8.42 Å². The van der Waals surface area contributed by atoms with Crippen molar-refractivity contribution in [1.82, 2.24) is 0 Å². The first-order valence-corrected chi connectivity index (χ1v) is 7.22. The van der Waals surface area contributed by atoms with E-state index >= 15 is 0 Å². The van der Waals surface area contributed by atoms with Crippen LogP contribution in [0.5, 0.6) is 0 Å². The van der Waals surface area contributed by atoms with Crippen molar-refractivity contribution >= 4 is 9.84 Å². The summed E-state index contributed by atoms with van der Waals surface area (Å²) in [5.74, 6) is 0.203.